The second-order valence-corrected chi connectivity index (χ2v) is 8.76. The monoisotopic (exact) mass is 450 g/mol. The van der Waals surface area contributed by atoms with E-state index < -0.39 is 0 Å². The lowest BCUT2D eigenvalue weighted by Crippen LogP contribution is -2.25. The Morgan fingerprint density at radius 3 is 2.67 bits per heavy atom. The second-order valence-electron chi connectivity index (χ2n) is 8.76. The molecular formula is C26H31FN4O2. The summed E-state index contributed by atoms with van der Waals surface area (Å²) in [5.74, 6) is 0.452. The van der Waals surface area contributed by atoms with E-state index in [9.17, 15) is 9.18 Å². The summed E-state index contributed by atoms with van der Waals surface area (Å²) in [5.41, 5.74) is 3.60. The van der Waals surface area contributed by atoms with E-state index in [0.717, 1.165) is 12.1 Å². The number of likely N-dealkylation sites (tertiary alicyclic amines) is 1. The molecule has 174 valence electrons. The van der Waals surface area contributed by atoms with Gasteiger partial charge in [-0.3, -0.25) is 9.69 Å². The molecule has 0 aliphatic carbocycles. The number of nitrogens with zero attached hydrogens (tertiary/aromatic N) is 3. The minimum absolute atomic E-state index is 0.0645. The number of nitrogens with one attached hydrogen (secondary N) is 1. The Hall–Kier alpha value is -3.06. The van der Waals surface area contributed by atoms with Gasteiger partial charge in [-0.1, -0.05) is 42.3 Å². The first-order valence-corrected chi connectivity index (χ1v) is 11.7. The summed E-state index contributed by atoms with van der Waals surface area (Å²) in [6, 6.07) is 13.1. The highest BCUT2D eigenvalue weighted by molar-refractivity contribution is 5.76. The molecule has 0 saturated carbocycles. The van der Waals surface area contributed by atoms with Gasteiger partial charge in [0.15, 0.2) is 0 Å². The van der Waals surface area contributed by atoms with E-state index in [-0.39, 0.29) is 18.1 Å². The molecule has 1 fully saturated rings. The van der Waals surface area contributed by atoms with Crippen molar-refractivity contribution in [2.24, 2.45) is 0 Å². The molecule has 0 spiro atoms. The lowest BCUT2D eigenvalue weighted by atomic mass is 10.1. The first-order chi connectivity index (χ1) is 16.1. The van der Waals surface area contributed by atoms with Gasteiger partial charge in [0.2, 0.25) is 17.6 Å². The molecule has 0 atom stereocenters. The van der Waals surface area contributed by atoms with Gasteiger partial charge in [-0.2, -0.15) is 4.98 Å². The normalized spacial score (nSPS) is 14.7. The van der Waals surface area contributed by atoms with Crippen molar-refractivity contribution in [3.05, 3.63) is 70.9 Å². The number of halogens is 1. The van der Waals surface area contributed by atoms with E-state index in [1.807, 2.05) is 6.07 Å². The summed E-state index contributed by atoms with van der Waals surface area (Å²) in [4.78, 5) is 19.2. The van der Waals surface area contributed by atoms with Crippen molar-refractivity contribution in [3.8, 4) is 11.4 Å². The third-order valence-electron chi connectivity index (χ3n) is 6.04. The van der Waals surface area contributed by atoms with Crippen LogP contribution in [0.3, 0.4) is 0 Å². The molecule has 2 heterocycles. The van der Waals surface area contributed by atoms with Crippen LogP contribution in [0.4, 0.5) is 4.39 Å². The number of carbonyl (C=O) groups excluding carboxylic acids is 1. The molecule has 0 radical (unpaired) electrons. The first kappa shape index (κ1) is 23.1. The lowest BCUT2D eigenvalue weighted by Gasteiger charge is -2.20. The summed E-state index contributed by atoms with van der Waals surface area (Å²) in [6.45, 7) is 5.48. The molecular weight excluding hydrogens is 419 g/mol. The number of carbonyl (C=O) groups is 1. The highest BCUT2D eigenvalue weighted by Crippen LogP contribution is 2.19. The molecule has 6 nitrogen and oxygen atoms in total. The molecule has 2 aromatic carbocycles. The van der Waals surface area contributed by atoms with Gasteiger partial charge in [0.05, 0.1) is 0 Å². The Bertz CT molecular complexity index is 1070. The van der Waals surface area contributed by atoms with Crippen molar-refractivity contribution < 1.29 is 13.7 Å². The number of rotatable bonds is 8. The van der Waals surface area contributed by atoms with Gasteiger partial charge in [-0.25, -0.2) is 4.39 Å². The van der Waals surface area contributed by atoms with Gasteiger partial charge in [0.25, 0.3) is 0 Å². The summed E-state index contributed by atoms with van der Waals surface area (Å²) in [6.07, 6.45) is 5.84. The van der Waals surface area contributed by atoms with Crippen LogP contribution in [0.1, 0.15) is 54.7 Å². The molecule has 0 bridgehead atoms. The molecule has 1 aliphatic rings. The highest BCUT2D eigenvalue weighted by Gasteiger charge is 2.13. The Kier molecular flexibility index (Phi) is 7.83. The third kappa shape index (κ3) is 6.71. The van der Waals surface area contributed by atoms with Crippen LogP contribution in [0.5, 0.6) is 0 Å². The fourth-order valence-corrected chi connectivity index (χ4v) is 4.16. The fourth-order valence-electron chi connectivity index (χ4n) is 4.16. The molecule has 4 rings (SSSR count). The number of aromatic nitrogens is 2. The van der Waals surface area contributed by atoms with Crippen LogP contribution in [-0.4, -0.2) is 34.0 Å². The zero-order valence-corrected chi connectivity index (χ0v) is 19.1. The Balaban J connectivity index is 1.24. The van der Waals surface area contributed by atoms with Crippen LogP contribution in [-0.2, 0) is 24.3 Å². The second kappa shape index (κ2) is 11.2. The topological polar surface area (TPSA) is 71.3 Å². The predicted octanol–water partition coefficient (Wildman–Crippen LogP) is 4.81. The van der Waals surface area contributed by atoms with Crippen molar-refractivity contribution in [1.82, 2.24) is 20.4 Å². The van der Waals surface area contributed by atoms with Crippen LogP contribution >= 0.6 is 0 Å². The van der Waals surface area contributed by atoms with Gasteiger partial charge >= 0.3 is 0 Å². The Morgan fingerprint density at radius 1 is 1.09 bits per heavy atom. The standard InChI is InChI=1S/C26H31FN4O2/c1-19-15-22(9-10-23(19)27)26-29-25(33-30-26)12-11-24(32)28-17-20-7-6-8-21(16-20)18-31-13-4-2-3-5-14-31/h6-10,15-16H,2-5,11-14,17-18H2,1H3,(H,28,32). The minimum Gasteiger partial charge on any atom is -0.352 e. The number of amides is 1. The number of hydrogen-bond acceptors (Lipinski definition) is 5. The zero-order chi connectivity index (χ0) is 23.0. The van der Waals surface area contributed by atoms with Crippen LogP contribution in [0, 0.1) is 12.7 Å². The van der Waals surface area contributed by atoms with Crippen molar-refractivity contribution in [1.29, 1.82) is 0 Å². The minimum atomic E-state index is -0.272. The number of hydrogen-bond donors (Lipinski definition) is 1. The summed E-state index contributed by atoms with van der Waals surface area (Å²) < 4.78 is 18.7. The lowest BCUT2D eigenvalue weighted by molar-refractivity contribution is -0.121. The van der Waals surface area contributed by atoms with E-state index in [2.05, 4.69) is 38.6 Å². The maximum Gasteiger partial charge on any atom is 0.227 e. The zero-order valence-electron chi connectivity index (χ0n) is 19.1. The van der Waals surface area contributed by atoms with Crippen molar-refractivity contribution in [3.63, 3.8) is 0 Å². The molecule has 1 aliphatic heterocycles. The van der Waals surface area contributed by atoms with Crippen LogP contribution < -0.4 is 5.32 Å². The van der Waals surface area contributed by atoms with Gasteiger partial charge in [-0.05, 0) is 67.7 Å². The largest absolute Gasteiger partial charge is 0.352 e. The van der Waals surface area contributed by atoms with Crippen LogP contribution in [0.15, 0.2) is 47.0 Å². The predicted molar refractivity (Wildman–Crippen MR) is 125 cm³/mol. The molecule has 3 aromatic rings. The average Bonchev–Trinajstić information content (AvgIpc) is 3.15. The van der Waals surface area contributed by atoms with Crippen molar-refractivity contribution >= 4 is 5.91 Å². The Labute approximate surface area is 194 Å². The average molecular weight is 451 g/mol. The number of benzene rings is 2. The smallest absolute Gasteiger partial charge is 0.227 e. The summed E-state index contributed by atoms with van der Waals surface area (Å²) in [5, 5.41) is 6.93. The molecule has 1 aromatic heterocycles. The Morgan fingerprint density at radius 2 is 1.88 bits per heavy atom. The van der Waals surface area contributed by atoms with Gasteiger partial charge in [0, 0.05) is 31.5 Å². The molecule has 0 unspecified atom stereocenters. The van der Waals surface area contributed by atoms with E-state index in [0.29, 0.717) is 35.8 Å². The van der Waals surface area contributed by atoms with Gasteiger partial charge in [-0.15, -0.1) is 0 Å². The molecule has 1 amide bonds. The molecule has 33 heavy (non-hydrogen) atoms. The van der Waals surface area contributed by atoms with E-state index in [1.165, 1.54) is 50.4 Å². The fraction of sp³-hybridized carbons (Fsp3) is 0.423. The van der Waals surface area contributed by atoms with Crippen molar-refractivity contribution in [2.45, 2.75) is 58.5 Å². The molecule has 7 heteroatoms. The van der Waals surface area contributed by atoms with Crippen molar-refractivity contribution in [2.75, 3.05) is 13.1 Å². The number of aryl methyl sites for hydroxylation is 2. The summed E-state index contributed by atoms with van der Waals surface area (Å²) >= 11 is 0. The summed E-state index contributed by atoms with van der Waals surface area (Å²) in [7, 11) is 0. The maximum atomic E-state index is 13.5. The first-order valence-electron chi connectivity index (χ1n) is 11.7. The van der Waals surface area contributed by atoms with E-state index in [4.69, 9.17) is 4.52 Å². The highest BCUT2D eigenvalue weighted by atomic mass is 19.1. The van der Waals surface area contributed by atoms with Crippen LogP contribution in [0.25, 0.3) is 11.4 Å². The van der Waals surface area contributed by atoms with E-state index >= 15 is 0 Å². The quantitative estimate of drug-likeness (QED) is 0.533. The SMILES string of the molecule is Cc1cc(-c2noc(CCC(=O)NCc3cccc(CN4CCCCCC4)c3)n2)ccc1F. The molecule has 1 saturated heterocycles. The third-order valence-corrected chi connectivity index (χ3v) is 6.04. The molecule has 1 N–H and O–H groups in total. The van der Waals surface area contributed by atoms with E-state index in [1.54, 1.807) is 19.1 Å². The maximum absolute atomic E-state index is 13.5. The van der Waals surface area contributed by atoms with Crippen LogP contribution in [0.2, 0.25) is 0 Å². The van der Waals surface area contributed by atoms with Gasteiger partial charge < -0.3 is 9.84 Å². The van der Waals surface area contributed by atoms with Gasteiger partial charge in [0.1, 0.15) is 5.82 Å².